The average Bonchev–Trinajstić information content (AvgIpc) is 3.36. The molecule has 0 radical (unpaired) electrons. The third-order valence-electron chi connectivity index (χ3n) is 4.18. The molecular weight excluding hydrogens is 322 g/mol. The molecule has 24 heavy (non-hydrogen) atoms. The number of aromatic nitrogens is 3. The van der Waals surface area contributed by atoms with Crippen LogP contribution >= 0.6 is 11.3 Å². The van der Waals surface area contributed by atoms with Crippen molar-refractivity contribution >= 4 is 17.2 Å². The Morgan fingerprint density at radius 3 is 3.12 bits per heavy atom. The first-order valence-electron chi connectivity index (χ1n) is 8.10. The molecule has 1 fully saturated rings. The van der Waals surface area contributed by atoms with E-state index in [-0.39, 0.29) is 0 Å². The summed E-state index contributed by atoms with van der Waals surface area (Å²) in [7, 11) is 0. The number of anilines is 1. The number of pyridine rings is 1. The number of likely N-dealkylation sites (tertiary alicyclic amines) is 1. The highest BCUT2D eigenvalue weighted by Gasteiger charge is 2.24. The molecule has 0 unspecified atom stereocenters. The highest BCUT2D eigenvalue weighted by atomic mass is 32.1. The third kappa shape index (κ3) is 3.63. The fourth-order valence-corrected chi connectivity index (χ4v) is 3.60. The Balaban J connectivity index is 1.28. The van der Waals surface area contributed by atoms with E-state index in [1.165, 1.54) is 6.42 Å². The number of thiophene rings is 1. The van der Waals surface area contributed by atoms with Crippen LogP contribution in [0.2, 0.25) is 0 Å². The lowest BCUT2D eigenvalue weighted by atomic mass is 10.1. The van der Waals surface area contributed by atoms with Crippen molar-refractivity contribution in [1.29, 1.82) is 0 Å². The van der Waals surface area contributed by atoms with Crippen molar-refractivity contribution in [3.63, 3.8) is 0 Å². The zero-order valence-electron chi connectivity index (χ0n) is 13.3. The molecule has 1 saturated heterocycles. The highest BCUT2D eigenvalue weighted by molar-refractivity contribution is 7.13. The number of hydrogen-bond donors (Lipinski definition) is 1. The lowest BCUT2D eigenvalue weighted by molar-refractivity contribution is 0.261. The predicted molar refractivity (Wildman–Crippen MR) is 93.7 cm³/mol. The van der Waals surface area contributed by atoms with Crippen LogP contribution in [0.25, 0.3) is 10.7 Å². The van der Waals surface area contributed by atoms with Crippen LogP contribution in [0.1, 0.15) is 12.3 Å². The minimum absolute atomic E-state index is 0.617. The Labute approximate surface area is 144 Å². The van der Waals surface area contributed by atoms with Crippen LogP contribution in [0.4, 0.5) is 5.82 Å². The zero-order chi connectivity index (χ0) is 16.2. The summed E-state index contributed by atoms with van der Waals surface area (Å²) in [5.74, 6) is 2.93. The maximum Gasteiger partial charge on any atom is 0.241 e. The quantitative estimate of drug-likeness (QED) is 0.743. The molecule has 0 aliphatic carbocycles. The van der Waals surface area contributed by atoms with E-state index < -0.39 is 0 Å². The van der Waals surface area contributed by atoms with Gasteiger partial charge in [0.05, 0.1) is 11.4 Å². The second-order valence-corrected chi connectivity index (χ2v) is 6.92. The van der Waals surface area contributed by atoms with E-state index in [1.807, 2.05) is 41.9 Å². The third-order valence-corrected chi connectivity index (χ3v) is 5.04. The largest absolute Gasteiger partial charge is 0.370 e. The van der Waals surface area contributed by atoms with E-state index in [4.69, 9.17) is 4.52 Å². The van der Waals surface area contributed by atoms with E-state index in [1.54, 1.807) is 11.3 Å². The van der Waals surface area contributed by atoms with Gasteiger partial charge in [-0.15, -0.1) is 11.3 Å². The molecule has 1 aliphatic heterocycles. The van der Waals surface area contributed by atoms with Gasteiger partial charge in [0.15, 0.2) is 0 Å². The molecule has 7 heteroatoms. The van der Waals surface area contributed by atoms with Crippen LogP contribution in [-0.4, -0.2) is 39.7 Å². The van der Waals surface area contributed by atoms with Crippen LogP contribution < -0.4 is 5.32 Å². The van der Waals surface area contributed by atoms with Crippen molar-refractivity contribution in [2.75, 3.05) is 25.0 Å². The van der Waals surface area contributed by atoms with Crippen LogP contribution in [0.5, 0.6) is 0 Å². The fraction of sp³-hybridized carbons (Fsp3) is 0.353. The topological polar surface area (TPSA) is 67.1 Å². The molecule has 4 heterocycles. The van der Waals surface area contributed by atoms with Gasteiger partial charge in [-0.2, -0.15) is 4.98 Å². The van der Waals surface area contributed by atoms with E-state index in [2.05, 4.69) is 25.3 Å². The van der Waals surface area contributed by atoms with Gasteiger partial charge in [-0.05, 0) is 42.5 Å². The summed E-state index contributed by atoms with van der Waals surface area (Å²) < 4.78 is 5.39. The van der Waals surface area contributed by atoms with Crippen LogP contribution in [0.15, 0.2) is 46.4 Å². The number of nitrogens with zero attached hydrogens (tertiary/aromatic N) is 4. The number of rotatable bonds is 6. The lowest BCUT2D eigenvalue weighted by Crippen LogP contribution is -2.23. The molecule has 124 valence electrons. The first kappa shape index (κ1) is 15.3. The van der Waals surface area contributed by atoms with E-state index in [0.717, 1.165) is 36.9 Å². The lowest BCUT2D eigenvalue weighted by Gasteiger charge is -2.14. The van der Waals surface area contributed by atoms with Crippen molar-refractivity contribution in [3.8, 4) is 10.7 Å². The standard InChI is InChI=1S/C17H19N5OS/c1-2-7-18-15(5-1)19-10-13-6-8-22(11-13)12-16-20-17(21-23-16)14-4-3-9-24-14/h1-5,7,9,13H,6,8,10-12H2,(H,18,19)/t13-/m0/s1. The van der Waals surface area contributed by atoms with Gasteiger partial charge in [-0.25, -0.2) is 4.98 Å². The van der Waals surface area contributed by atoms with E-state index in [9.17, 15) is 0 Å². The smallest absolute Gasteiger partial charge is 0.241 e. The summed E-state index contributed by atoms with van der Waals surface area (Å²) in [4.78, 5) is 12.2. The maximum atomic E-state index is 5.39. The number of nitrogens with one attached hydrogen (secondary N) is 1. The minimum atomic E-state index is 0.617. The molecule has 0 amide bonds. The molecule has 1 atom stereocenters. The van der Waals surface area contributed by atoms with Crippen molar-refractivity contribution < 1.29 is 4.52 Å². The SMILES string of the molecule is c1ccc(NC[C@@H]2CCN(Cc3nc(-c4cccs4)no3)C2)nc1. The molecule has 0 saturated carbocycles. The maximum absolute atomic E-state index is 5.39. The minimum Gasteiger partial charge on any atom is -0.370 e. The van der Waals surface area contributed by atoms with Gasteiger partial charge in [-0.3, -0.25) is 4.90 Å². The molecule has 1 aliphatic rings. The summed E-state index contributed by atoms with van der Waals surface area (Å²) in [6, 6.07) is 9.93. The second-order valence-electron chi connectivity index (χ2n) is 5.97. The molecule has 1 N–H and O–H groups in total. The summed E-state index contributed by atoms with van der Waals surface area (Å²) in [6.45, 7) is 3.76. The van der Waals surface area contributed by atoms with Gasteiger partial charge in [-0.1, -0.05) is 17.3 Å². The molecule has 0 bridgehead atoms. The van der Waals surface area contributed by atoms with Crippen molar-refractivity contribution in [1.82, 2.24) is 20.0 Å². The zero-order valence-corrected chi connectivity index (χ0v) is 14.1. The molecular formula is C17H19N5OS. The Hall–Kier alpha value is -2.25. The molecule has 6 nitrogen and oxygen atoms in total. The average molecular weight is 341 g/mol. The van der Waals surface area contributed by atoms with Crippen molar-refractivity contribution in [2.45, 2.75) is 13.0 Å². The van der Waals surface area contributed by atoms with Crippen LogP contribution in [-0.2, 0) is 6.54 Å². The first-order chi connectivity index (χ1) is 11.9. The van der Waals surface area contributed by atoms with E-state index >= 15 is 0 Å². The van der Waals surface area contributed by atoms with Gasteiger partial charge in [0.2, 0.25) is 11.7 Å². The predicted octanol–water partition coefficient (Wildman–Crippen LogP) is 3.13. The molecule has 3 aromatic rings. The monoisotopic (exact) mass is 341 g/mol. The first-order valence-corrected chi connectivity index (χ1v) is 8.98. The Morgan fingerprint density at radius 2 is 2.29 bits per heavy atom. The Morgan fingerprint density at radius 1 is 1.29 bits per heavy atom. The van der Waals surface area contributed by atoms with Crippen LogP contribution in [0.3, 0.4) is 0 Å². The Kier molecular flexibility index (Phi) is 4.53. The van der Waals surface area contributed by atoms with Gasteiger partial charge in [0.25, 0.3) is 0 Å². The van der Waals surface area contributed by atoms with Crippen molar-refractivity contribution in [2.24, 2.45) is 5.92 Å². The highest BCUT2D eigenvalue weighted by Crippen LogP contribution is 2.23. The van der Waals surface area contributed by atoms with Gasteiger partial charge in [0, 0.05) is 19.3 Å². The molecule has 0 aromatic carbocycles. The molecule has 4 rings (SSSR count). The molecule has 0 spiro atoms. The molecule has 3 aromatic heterocycles. The number of hydrogen-bond acceptors (Lipinski definition) is 7. The second kappa shape index (κ2) is 7.11. The summed E-state index contributed by atoms with van der Waals surface area (Å²) in [5.41, 5.74) is 0. The summed E-state index contributed by atoms with van der Waals surface area (Å²) in [5, 5.41) is 9.50. The van der Waals surface area contributed by atoms with Crippen molar-refractivity contribution in [3.05, 3.63) is 47.8 Å². The Bertz CT molecular complexity index is 758. The van der Waals surface area contributed by atoms with E-state index in [0.29, 0.717) is 17.6 Å². The summed E-state index contributed by atoms with van der Waals surface area (Å²) >= 11 is 1.62. The van der Waals surface area contributed by atoms with Gasteiger partial charge < -0.3 is 9.84 Å². The van der Waals surface area contributed by atoms with Crippen LogP contribution in [0, 0.1) is 5.92 Å². The summed E-state index contributed by atoms with van der Waals surface area (Å²) in [6.07, 6.45) is 2.98. The fourth-order valence-electron chi connectivity index (χ4n) is 2.96. The van der Waals surface area contributed by atoms with Gasteiger partial charge >= 0.3 is 0 Å². The normalized spacial score (nSPS) is 18.1. The van der Waals surface area contributed by atoms with Gasteiger partial charge in [0.1, 0.15) is 5.82 Å².